The molecule has 0 fully saturated rings. The van der Waals surface area contributed by atoms with Crippen molar-refractivity contribution in [2.45, 2.75) is 39.3 Å². The number of hydrogen-bond donors (Lipinski definition) is 1. The Kier molecular flexibility index (Phi) is 12.8. The fraction of sp³-hybridized carbons (Fsp3) is 0.611. The van der Waals surface area contributed by atoms with E-state index in [4.69, 9.17) is 9.57 Å². The van der Waals surface area contributed by atoms with E-state index in [1.807, 2.05) is 13.8 Å². The summed E-state index contributed by atoms with van der Waals surface area (Å²) in [7, 11) is 3.43. The van der Waals surface area contributed by atoms with Gasteiger partial charge in [-0.2, -0.15) is 13.2 Å². The zero-order chi connectivity index (χ0) is 19.1. The predicted molar refractivity (Wildman–Crippen MR) is 94.9 cm³/mol. The minimum absolute atomic E-state index is 0.401. The number of likely N-dealkylation sites (N-methyl/N-ethyl adjacent to an activating group) is 1. The molecule has 144 valence electrons. The summed E-state index contributed by atoms with van der Waals surface area (Å²) in [5, 5.41) is 7.00. The first-order chi connectivity index (χ1) is 12.0. The highest BCUT2D eigenvalue weighted by Gasteiger charge is 2.30. The highest BCUT2D eigenvalue weighted by molar-refractivity contribution is 6.00. The summed E-state index contributed by atoms with van der Waals surface area (Å²) in [5.41, 5.74) is 0.613. The minimum Gasteiger partial charge on any atom is -0.394 e. The average Bonchev–Trinajstić information content (AvgIpc) is 2.61. The Labute approximate surface area is 148 Å². The summed E-state index contributed by atoms with van der Waals surface area (Å²) in [6.07, 6.45) is -2.04. The van der Waals surface area contributed by atoms with E-state index in [1.54, 1.807) is 14.2 Å². The summed E-state index contributed by atoms with van der Waals surface area (Å²) >= 11 is 0. The van der Waals surface area contributed by atoms with Crippen molar-refractivity contribution in [3.63, 3.8) is 0 Å². The molecular weight excluding hydrogens is 333 g/mol. The molecule has 0 amide bonds. The molecule has 1 aromatic rings. The van der Waals surface area contributed by atoms with Crippen molar-refractivity contribution in [3.8, 4) is 0 Å². The molecule has 0 aliphatic rings. The lowest BCUT2D eigenvalue weighted by Gasteiger charge is -2.10. The molecule has 0 aliphatic carbocycles. The Morgan fingerprint density at radius 2 is 1.72 bits per heavy atom. The zero-order valence-electron chi connectivity index (χ0n) is 15.4. The molecule has 0 bridgehead atoms. The number of benzene rings is 1. The molecule has 1 N–H and O–H groups in total. The second-order valence-corrected chi connectivity index (χ2v) is 5.00. The van der Waals surface area contributed by atoms with E-state index >= 15 is 0 Å². The average molecular weight is 362 g/mol. The lowest BCUT2D eigenvalue weighted by molar-refractivity contribution is -0.137. The van der Waals surface area contributed by atoms with Crippen LogP contribution in [0.5, 0.6) is 0 Å². The topological polar surface area (TPSA) is 42.8 Å². The molecule has 0 atom stereocenters. The van der Waals surface area contributed by atoms with Crippen LogP contribution >= 0.6 is 0 Å². The number of methoxy groups -OCH3 is 1. The first-order valence-electron chi connectivity index (χ1n) is 8.49. The Morgan fingerprint density at radius 3 is 2.24 bits per heavy atom. The molecule has 0 heterocycles. The van der Waals surface area contributed by atoms with E-state index in [0.29, 0.717) is 37.5 Å². The molecular formula is C18H29F3N2O2. The van der Waals surface area contributed by atoms with Gasteiger partial charge in [0.2, 0.25) is 0 Å². The number of hydrogen-bond acceptors (Lipinski definition) is 4. The second kappa shape index (κ2) is 13.7. The molecule has 7 heteroatoms. The fourth-order valence-electron chi connectivity index (χ4n) is 1.90. The van der Waals surface area contributed by atoms with E-state index in [0.717, 1.165) is 25.0 Å². The highest BCUT2D eigenvalue weighted by Crippen LogP contribution is 2.29. The SMILES string of the molecule is CC.CNCCO/N=C(\CCCCOC)c1ccc(C(F)(F)F)cc1. The number of nitrogens with zero attached hydrogens (tertiary/aromatic N) is 1. The maximum Gasteiger partial charge on any atom is 0.416 e. The monoisotopic (exact) mass is 362 g/mol. The largest absolute Gasteiger partial charge is 0.416 e. The van der Waals surface area contributed by atoms with Crippen LogP contribution in [0, 0.1) is 0 Å². The number of rotatable bonds is 10. The van der Waals surface area contributed by atoms with Gasteiger partial charge in [-0.3, -0.25) is 0 Å². The molecule has 25 heavy (non-hydrogen) atoms. The van der Waals surface area contributed by atoms with Crippen molar-refractivity contribution in [1.29, 1.82) is 0 Å². The molecule has 0 aromatic heterocycles. The summed E-state index contributed by atoms with van der Waals surface area (Å²) < 4.78 is 42.9. The van der Waals surface area contributed by atoms with Gasteiger partial charge in [-0.25, -0.2) is 0 Å². The van der Waals surface area contributed by atoms with Crippen LogP contribution in [0.3, 0.4) is 0 Å². The molecule has 4 nitrogen and oxygen atoms in total. The molecule has 1 rings (SSSR count). The minimum atomic E-state index is -4.34. The maximum absolute atomic E-state index is 12.6. The van der Waals surface area contributed by atoms with E-state index in [2.05, 4.69) is 10.5 Å². The van der Waals surface area contributed by atoms with Gasteiger partial charge < -0.3 is 14.9 Å². The molecule has 0 unspecified atom stereocenters. The number of ether oxygens (including phenoxy) is 1. The Bertz CT molecular complexity index is 474. The van der Waals surface area contributed by atoms with E-state index in [9.17, 15) is 13.2 Å². The van der Waals surface area contributed by atoms with E-state index in [-0.39, 0.29) is 0 Å². The molecule has 1 aromatic carbocycles. The molecule has 0 radical (unpaired) electrons. The van der Waals surface area contributed by atoms with Gasteiger partial charge in [0.1, 0.15) is 6.61 Å². The van der Waals surface area contributed by atoms with Crippen LogP contribution in [0.15, 0.2) is 29.4 Å². The molecule has 0 spiro atoms. The number of oxime groups is 1. The Hall–Kier alpha value is -1.60. The molecule has 0 aliphatic heterocycles. The van der Waals surface area contributed by atoms with Crippen molar-refractivity contribution in [3.05, 3.63) is 35.4 Å². The summed E-state index contributed by atoms with van der Waals surface area (Å²) in [5.74, 6) is 0. The van der Waals surface area contributed by atoms with Gasteiger partial charge in [-0.05, 0) is 44.0 Å². The van der Waals surface area contributed by atoms with Crippen LogP contribution in [-0.2, 0) is 15.8 Å². The van der Waals surface area contributed by atoms with Crippen LogP contribution in [0.4, 0.5) is 13.2 Å². The summed E-state index contributed by atoms with van der Waals surface area (Å²) in [6, 6.07) is 4.99. The van der Waals surface area contributed by atoms with Crippen LogP contribution in [0.25, 0.3) is 0 Å². The van der Waals surface area contributed by atoms with Crippen molar-refractivity contribution >= 4 is 5.71 Å². The number of nitrogens with one attached hydrogen (secondary N) is 1. The third-order valence-electron chi connectivity index (χ3n) is 3.18. The van der Waals surface area contributed by atoms with Gasteiger partial charge in [0.15, 0.2) is 0 Å². The third kappa shape index (κ3) is 10.1. The van der Waals surface area contributed by atoms with Crippen molar-refractivity contribution in [1.82, 2.24) is 5.32 Å². The van der Waals surface area contributed by atoms with Gasteiger partial charge in [0, 0.05) is 20.3 Å². The fourth-order valence-corrected chi connectivity index (χ4v) is 1.90. The second-order valence-electron chi connectivity index (χ2n) is 5.00. The zero-order valence-corrected chi connectivity index (χ0v) is 15.4. The number of halogens is 3. The maximum atomic E-state index is 12.6. The lowest BCUT2D eigenvalue weighted by Crippen LogP contribution is -2.13. The van der Waals surface area contributed by atoms with Gasteiger partial charge in [-0.1, -0.05) is 31.1 Å². The van der Waals surface area contributed by atoms with Crippen LogP contribution in [0.1, 0.15) is 44.2 Å². The van der Waals surface area contributed by atoms with Crippen LogP contribution in [-0.4, -0.2) is 39.6 Å². The van der Waals surface area contributed by atoms with E-state index in [1.165, 1.54) is 12.1 Å². The summed E-state index contributed by atoms with van der Waals surface area (Å²) in [6.45, 7) is 5.69. The van der Waals surface area contributed by atoms with Crippen LogP contribution in [0.2, 0.25) is 0 Å². The van der Waals surface area contributed by atoms with Gasteiger partial charge in [0.25, 0.3) is 0 Å². The first-order valence-corrected chi connectivity index (χ1v) is 8.49. The first kappa shape index (κ1) is 23.4. The van der Waals surface area contributed by atoms with Crippen molar-refractivity contribution in [2.24, 2.45) is 5.16 Å². The third-order valence-corrected chi connectivity index (χ3v) is 3.18. The Morgan fingerprint density at radius 1 is 1.08 bits per heavy atom. The number of unbranched alkanes of at least 4 members (excludes halogenated alkanes) is 1. The normalized spacial score (nSPS) is 11.7. The van der Waals surface area contributed by atoms with Gasteiger partial charge in [-0.15, -0.1) is 0 Å². The van der Waals surface area contributed by atoms with Crippen molar-refractivity contribution in [2.75, 3.05) is 33.9 Å². The van der Waals surface area contributed by atoms with Crippen LogP contribution < -0.4 is 5.32 Å². The Balaban J connectivity index is 0.00000277. The molecule has 0 saturated heterocycles. The highest BCUT2D eigenvalue weighted by atomic mass is 19.4. The lowest BCUT2D eigenvalue weighted by atomic mass is 10.0. The quantitative estimate of drug-likeness (QED) is 0.379. The van der Waals surface area contributed by atoms with Gasteiger partial charge >= 0.3 is 6.18 Å². The number of alkyl halides is 3. The predicted octanol–water partition coefficient (Wildman–Crippen LogP) is 4.49. The van der Waals surface area contributed by atoms with Crippen molar-refractivity contribution < 1.29 is 22.7 Å². The standard InChI is InChI=1S/C16H23F3N2O2.C2H6/c1-20-10-12-23-21-15(5-3-4-11-22-2)13-6-8-14(9-7-13)16(17,18)19;1-2/h6-9,20H,3-5,10-12H2,1-2H3;1-2H3/b21-15+;. The smallest absolute Gasteiger partial charge is 0.394 e. The van der Waals surface area contributed by atoms with Gasteiger partial charge in [0.05, 0.1) is 11.3 Å². The van der Waals surface area contributed by atoms with E-state index < -0.39 is 11.7 Å². The molecule has 0 saturated carbocycles. The summed E-state index contributed by atoms with van der Waals surface area (Å²) in [4.78, 5) is 5.22.